The van der Waals surface area contributed by atoms with Crippen molar-refractivity contribution in [2.24, 2.45) is 5.10 Å². The van der Waals surface area contributed by atoms with Gasteiger partial charge >= 0.3 is 0 Å². The Kier molecular flexibility index (Phi) is 4.91. The lowest BCUT2D eigenvalue weighted by Crippen LogP contribution is -2.25. The van der Waals surface area contributed by atoms with E-state index in [1.54, 1.807) is 6.07 Å². The monoisotopic (exact) mass is 471 g/mol. The van der Waals surface area contributed by atoms with E-state index in [1.165, 1.54) is 19.1 Å². The number of ether oxygens (including phenoxy) is 1. The van der Waals surface area contributed by atoms with E-state index in [0.717, 1.165) is 14.1 Å². The first-order chi connectivity index (χ1) is 11.9. The summed E-state index contributed by atoms with van der Waals surface area (Å²) in [5.41, 5.74) is 0.894. The average molecular weight is 472 g/mol. The molecule has 25 heavy (non-hydrogen) atoms. The molecule has 0 spiro atoms. The van der Waals surface area contributed by atoms with Gasteiger partial charge in [-0.15, -0.1) is 5.10 Å². The van der Waals surface area contributed by atoms with E-state index in [2.05, 4.69) is 27.7 Å². The van der Waals surface area contributed by atoms with E-state index in [-0.39, 0.29) is 22.5 Å². The van der Waals surface area contributed by atoms with Crippen LogP contribution in [0.15, 0.2) is 47.6 Å². The molecule has 0 N–H and O–H groups in total. The number of hydrogen-bond acceptors (Lipinski definition) is 5. The molecule has 1 aliphatic rings. The quantitative estimate of drug-likeness (QED) is 0.383. The predicted octanol–water partition coefficient (Wildman–Crippen LogP) is 4.09. The first-order valence-corrected chi connectivity index (χ1v) is 8.58. The molecule has 7 nitrogen and oxygen atoms in total. The number of hydrogen-bond donors (Lipinski definition) is 0. The summed E-state index contributed by atoms with van der Waals surface area (Å²) in [5, 5.41) is 16.5. The van der Waals surface area contributed by atoms with Gasteiger partial charge in [0.1, 0.15) is 5.02 Å². The minimum absolute atomic E-state index is 0.0138. The molecule has 0 saturated carbocycles. The van der Waals surface area contributed by atoms with Gasteiger partial charge in [0, 0.05) is 22.1 Å². The van der Waals surface area contributed by atoms with Crippen LogP contribution < -0.4 is 0 Å². The Labute approximate surface area is 161 Å². The lowest BCUT2D eigenvalue weighted by Gasteiger charge is -2.19. The molecule has 1 amide bonds. The largest absolute Gasteiger partial charge is 0.446 e. The standard InChI is InChI=1S/C16H11ClIN3O4/c1-9(22)20-16(10-6-7-12(17)14(8-10)21(23)24)25-15(19-20)11-4-2-3-5-13(11)18/h2-8,16H,1H3/t16-/m1/s1. The molecule has 0 aliphatic carbocycles. The molecule has 0 fully saturated rings. The molecular weight excluding hydrogens is 461 g/mol. The van der Waals surface area contributed by atoms with Gasteiger partial charge in [-0.1, -0.05) is 29.8 Å². The van der Waals surface area contributed by atoms with Crippen molar-refractivity contribution in [1.82, 2.24) is 5.01 Å². The van der Waals surface area contributed by atoms with Crippen LogP contribution in [0.5, 0.6) is 0 Å². The van der Waals surface area contributed by atoms with Crippen molar-refractivity contribution < 1.29 is 14.5 Å². The van der Waals surface area contributed by atoms with Gasteiger partial charge < -0.3 is 4.74 Å². The van der Waals surface area contributed by atoms with Crippen LogP contribution in [0.4, 0.5) is 5.69 Å². The fourth-order valence-corrected chi connectivity index (χ4v) is 3.15. The van der Waals surface area contributed by atoms with Crippen molar-refractivity contribution in [3.05, 3.63) is 72.3 Å². The molecule has 1 heterocycles. The van der Waals surface area contributed by atoms with Crippen LogP contribution in [0.3, 0.4) is 0 Å². The zero-order valence-electron chi connectivity index (χ0n) is 12.8. The van der Waals surface area contributed by atoms with Gasteiger partial charge in [0.05, 0.1) is 10.5 Å². The highest BCUT2D eigenvalue weighted by Crippen LogP contribution is 2.35. The van der Waals surface area contributed by atoms with Crippen LogP contribution in [-0.4, -0.2) is 21.7 Å². The molecule has 0 unspecified atom stereocenters. The molecule has 3 rings (SSSR count). The normalized spacial score (nSPS) is 16.4. The third-order valence-electron chi connectivity index (χ3n) is 3.52. The van der Waals surface area contributed by atoms with Crippen LogP contribution in [0.25, 0.3) is 0 Å². The van der Waals surface area contributed by atoms with Crippen LogP contribution >= 0.6 is 34.2 Å². The van der Waals surface area contributed by atoms with Crippen LogP contribution in [0, 0.1) is 13.7 Å². The van der Waals surface area contributed by atoms with Crippen molar-refractivity contribution >= 4 is 51.7 Å². The smallest absolute Gasteiger partial charge is 0.288 e. The Bertz CT molecular complexity index is 903. The Hall–Kier alpha value is -2.20. The Morgan fingerprint density at radius 1 is 1.36 bits per heavy atom. The lowest BCUT2D eigenvalue weighted by atomic mass is 10.1. The molecule has 1 aliphatic heterocycles. The number of hydrazone groups is 1. The van der Waals surface area contributed by atoms with Gasteiger partial charge in [0.15, 0.2) is 0 Å². The fraction of sp³-hybridized carbons (Fsp3) is 0.125. The van der Waals surface area contributed by atoms with E-state index in [0.29, 0.717) is 5.56 Å². The fourth-order valence-electron chi connectivity index (χ4n) is 2.35. The van der Waals surface area contributed by atoms with E-state index in [4.69, 9.17) is 16.3 Å². The molecule has 2 aromatic rings. The number of amides is 1. The second-order valence-corrected chi connectivity index (χ2v) is 6.76. The van der Waals surface area contributed by atoms with Crippen LogP contribution in [0.2, 0.25) is 5.02 Å². The first kappa shape index (κ1) is 17.6. The Morgan fingerprint density at radius 2 is 2.08 bits per heavy atom. The van der Waals surface area contributed by atoms with Crippen molar-refractivity contribution in [2.75, 3.05) is 0 Å². The van der Waals surface area contributed by atoms with E-state index < -0.39 is 11.2 Å². The lowest BCUT2D eigenvalue weighted by molar-refractivity contribution is -0.384. The van der Waals surface area contributed by atoms with Crippen molar-refractivity contribution in [1.29, 1.82) is 0 Å². The van der Waals surface area contributed by atoms with Crippen molar-refractivity contribution in [3.63, 3.8) is 0 Å². The topological polar surface area (TPSA) is 85.0 Å². The van der Waals surface area contributed by atoms with Gasteiger partial charge in [0.2, 0.25) is 18.0 Å². The summed E-state index contributed by atoms with van der Waals surface area (Å²) in [6.07, 6.45) is -0.889. The summed E-state index contributed by atoms with van der Waals surface area (Å²) in [6, 6.07) is 11.7. The first-order valence-electron chi connectivity index (χ1n) is 7.12. The second-order valence-electron chi connectivity index (χ2n) is 5.19. The third-order valence-corrected chi connectivity index (χ3v) is 4.78. The van der Waals surface area contributed by atoms with E-state index >= 15 is 0 Å². The van der Waals surface area contributed by atoms with Gasteiger partial charge in [-0.25, -0.2) is 0 Å². The summed E-state index contributed by atoms with van der Waals surface area (Å²) in [7, 11) is 0. The van der Waals surface area contributed by atoms with E-state index in [1.807, 2.05) is 24.3 Å². The highest BCUT2D eigenvalue weighted by Gasteiger charge is 2.34. The molecule has 9 heteroatoms. The number of nitrogens with zero attached hydrogens (tertiary/aromatic N) is 3. The van der Waals surface area contributed by atoms with Gasteiger partial charge in [-0.05, 0) is 40.8 Å². The highest BCUT2D eigenvalue weighted by molar-refractivity contribution is 14.1. The maximum Gasteiger partial charge on any atom is 0.288 e. The van der Waals surface area contributed by atoms with Crippen LogP contribution in [-0.2, 0) is 9.53 Å². The predicted molar refractivity (Wildman–Crippen MR) is 100 cm³/mol. The number of rotatable bonds is 3. The molecule has 2 aromatic carbocycles. The summed E-state index contributed by atoms with van der Waals surface area (Å²) in [5.74, 6) is -0.0636. The van der Waals surface area contributed by atoms with Gasteiger partial charge in [0.25, 0.3) is 5.69 Å². The third kappa shape index (κ3) is 3.45. The summed E-state index contributed by atoms with van der Waals surface area (Å²) >= 11 is 7.99. The zero-order valence-corrected chi connectivity index (χ0v) is 15.8. The zero-order chi connectivity index (χ0) is 18.1. The minimum atomic E-state index is -0.889. The molecule has 1 atom stereocenters. The number of nitro groups is 1. The summed E-state index contributed by atoms with van der Waals surface area (Å²) in [4.78, 5) is 22.5. The van der Waals surface area contributed by atoms with Gasteiger partial charge in [-0.3, -0.25) is 14.9 Å². The molecular formula is C16H11ClIN3O4. The van der Waals surface area contributed by atoms with E-state index in [9.17, 15) is 14.9 Å². The van der Waals surface area contributed by atoms with Gasteiger partial charge in [-0.2, -0.15) is 5.01 Å². The van der Waals surface area contributed by atoms with Crippen LogP contribution in [0.1, 0.15) is 24.3 Å². The SMILES string of the molecule is CC(=O)N1N=C(c2ccccc2I)O[C@@H]1c1ccc(Cl)c([N+](=O)[O-])c1. The molecule has 0 bridgehead atoms. The summed E-state index contributed by atoms with van der Waals surface area (Å²) < 4.78 is 6.75. The highest BCUT2D eigenvalue weighted by atomic mass is 127. The van der Waals surface area contributed by atoms with Crippen molar-refractivity contribution in [3.8, 4) is 0 Å². The number of carbonyl (C=O) groups is 1. The molecule has 128 valence electrons. The number of benzene rings is 2. The average Bonchev–Trinajstić information content (AvgIpc) is 3.01. The second kappa shape index (κ2) is 6.96. The maximum absolute atomic E-state index is 12.0. The number of halogens is 2. The molecule has 0 saturated heterocycles. The number of carbonyl (C=O) groups excluding carboxylic acids is 1. The van der Waals surface area contributed by atoms with Crippen molar-refractivity contribution in [2.45, 2.75) is 13.2 Å². The Morgan fingerprint density at radius 3 is 2.72 bits per heavy atom. The maximum atomic E-state index is 12.0. The molecule has 0 aromatic heterocycles. The summed E-state index contributed by atoms with van der Waals surface area (Å²) in [6.45, 7) is 1.35. The number of nitro benzene ring substituents is 1. The molecule has 0 radical (unpaired) electrons. The minimum Gasteiger partial charge on any atom is -0.446 e. The Balaban J connectivity index is 2.01.